The molecular formula is C16H19F2NO4S. The molecule has 1 amide bonds. The molecule has 2 aromatic rings. The Labute approximate surface area is 142 Å². The lowest BCUT2D eigenvalue weighted by Crippen LogP contribution is -2.24. The van der Waals surface area contributed by atoms with Crippen LogP contribution in [0, 0.1) is 0 Å². The van der Waals surface area contributed by atoms with Crippen molar-refractivity contribution in [3.63, 3.8) is 0 Å². The molecule has 0 aliphatic heterocycles. The van der Waals surface area contributed by atoms with E-state index in [-0.39, 0.29) is 4.88 Å². The van der Waals surface area contributed by atoms with Crippen LogP contribution in [0.3, 0.4) is 0 Å². The van der Waals surface area contributed by atoms with Crippen molar-refractivity contribution >= 4 is 27.3 Å². The highest BCUT2D eigenvalue weighted by atomic mass is 32.1. The number of nitrogens with zero attached hydrogens (tertiary/aromatic N) is 1. The van der Waals surface area contributed by atoms with Crippen molar-refractivity contribution in [2.75, 3.05) is 20.8 Å². The lowest BCUT2D eigenvalue weighted by atomic mass is 10.1. The lowest BCUT2D eigenvalue weighted by molar-refractivity contribution is -0.161. The van der Waals surface area contributed by atoms with Crippen molar-refractivity contribution in [2.45, 2.75) is 25.7 Å². The van der Waals surface area contributed by atoms with Crippen molar-refractivity contribution in [2.24, 2.45) is 0 Å². The minimum Gasteiger partial charge on any atom is -0.493 e. The van der Waals surface area contributed by atoms with Gasteiger partial charge in [-0.15, -0.1) is 11.3 Å². The number of hydroxylamine groups is 2. The zero-order chi connectivity index (χ0) is 17.9. The number of fused-ring (bicyclic) bond motifs is 1. The van der Waals surface area contributed by atoms with E-state index in [9.17, 15) is 13.6 Å². The minimum absolute atomic E-state index is 0.137. The highest BCUT2D eigenvalue weighted by molar-refractivity contribution is 7.19. The molecule has 0 radical (unpaired) electrons. The molecule has 1 aromatic heterocycles. The van der Waals surface area contributed by atoms with Gasteiger partial charge in [-0.3, -0.25) is 10.0 Å². The van der Waals surface area contributed by atoms with Crippen LogP contribution in [0.2, 0.25) is 0 Å². The molecule has 1 N–H and O–H groups in total. The van der Waals surface area contributed by atoms with E-state index in [1.165, 1.54) is 13.2 Å². The molecule has 5 nitrogen and oxygen atoms in total. The van der Waals surface area contributed by atoms with Crippen LogP contribution in [-0.4, -0.2) is 36.9 Å². The highest BCUT2D eigenvalue weighted by Crippen LogP contribution is 2.43. The van der Waals surface area contributed by atoms with Crippen molar-refractivity contribution in [3.8, 4) is 11.5 Å². The number of halogens is 2. The number of carbonyl (C=O) groups excluding carboxylic acids is 1. The van der Waals surface area contributed by atoms with Crippen LogP contribution in [0.15, 0.2) is 18.2 Å². The smallest absolute Gasteiger partial charge is 0.282 e. The van der Waals surface area contributed by atoms with Crippen LogP contribution in [0.25, 0.3) is 10.1 Å². The van der Waals surface area contributed by atoms with Gasteiger partial charge in [0, 0.05) is 30.7 Å². The standard InChI is InChI=1S/C16H19F2NO4S/c1-4-23-12-9-13-10(7-11(12)22-3)8-14(24-13)16(17,18)6-5-15(20)19(2)21/h7-9,21H,4-6H2,1-3H3. The van der Waals surface area contributed by atoms with E-state index in [1.807, 2.05) is 6.92 Å². The summed E-state index contributed by atoms with van der Waals surface area (Å²) in [6.45, 7) is 2.26. The van der Waals surface area contributed by atoms with Gasteiger partial charge >= 0.3 is 0 Å². The quantitative estimate of drug-likeness (QED) is 0.599. The summed E-state index contributed by atoms with van der Waals surface area (Å²) in [5.41, 5.74) is 0. The number of rotatable bonds is 7. The van der Waals surface area contributed by atoms with Crippen molar-refractivity contribution < 1.29 is 28.3 Å². The second kappa shape index (κ2) is 7.31. The van der Waals surface area contributed by atoms with E-state index >= 15 is 0 Å². The predicted molar refractivity (Wildman–Crippen MR) is 87.2 cm³/mol. The first-order valence-corrected chi connectivity index (χ1v) is 8.18. The molecule has 0 bridgehead atoms. The fourth-order valence-electron chi connectivity index (χ4n) is 2.20. The summed E-state index contributed by atoms with van der Waals surface area (Å²) in [6.07, 6.45) is -1.11. The molecule has 2 rings (SSSR count). The Hall–Kier alpha value is -1.93. The van der Waals surface area contributed by atoms with Gasteiger partial charge in [0.25, 0.3) is 5.92 Å². The zero-order valence-electron chi connectivity index (χ0n) is 13.6. The Morgan fingerprint density at radius 2 is 2.04 bits per heavy atom. The summed E-state index contributed by atoms with van der Waals surface area (Å²) in [4.78, 5) is 11.2. The van der Waals surface area contributed by atoms with Crippen LogP contribution >= 0.6 is 11.3 Å². The van der Waals surface area contributed by atoms with E-state index in [0.29, 0.717) is 33.3 Å². The van der Waals surface area contributed by atoms with Crippen LogP contribution < -0.4 is 9.47 Å². The second-order valence-electron chi connectivity index (χ2n) is 5.21. The molecular weight excluding hydrogens is 340 g/mol. The molecule has 0 aliphatic carbocycles. The average Bonchev–Trinajstić information content (AvgIpc) is 2.95. The van der Waals surface area contributed by atoms with E-state index in [0.717, 1.165) is 18.4 Å². The number of ether oxygens (including phenoxy) is 2. The van der Waals surface area contributed by atoms with Gasteiger partial charge in [0.05, 0.1) is 18.6 Å². The minimum atomic E-state index is -3.16. The number of methoxy groups -OCH3 is 1. The van der Waals surface area contributed by atoms with Gasteiger partial charge in [-0.05, 0) is 24.4 Å². The van der Waals surface area contributed by atoms with Gasteiger partial charge in [0.2, 0.25) is 5.91 Å². The number of hydrogen-bond donors (Lipinski definition) is 1. The summed E-state index contributed by atoms with van der Waals surface area (Å²) in [5.74, 6) is -2.93. The van der Waals surface area contributed by atoms with Gasteiger partial charge < -0.3 is 9.47 Å². The number of alkyl halides is 2. The molecule has 0 saturated carbocycles. The third kappa shape index (κ3) is 3.93. The van der Waals surface area contributed by atoms with E-state index < -0.39 is 24.7 Å². The Bertz CT molecular complexity index is 730. The van der Waals surface area contributed by atoms with Crippen molar-refractivity contribution in [3.05, 3.63) is 23.1 Å². The van der Waals surface area contributed by atoms with Gasteiger partial charge in [0.1, 0.15) is 0 Å². The topological polar surface area (TPSA) is 59.0 Å². The molecule has 1 aromatic carbocycles. The van der Waals surface area contributed by atoms with Crippen LogP contribution in [0.4, 0.5) is 8.78 Å². The molecule has 0 atom stereocenters. The first-order valence-electron chi connectivity index (χ1n) is 7.36. The maximum Gasteiger partial charge on any atom is 0.282 e. The molecule has 0 unspecified atom stereocenters. The highest BCUT2D eigenvalue weighted by Gasteiger charge is 2.34. The number of thiophene rings is 1. The zero-order valence-corrected chi connectivity index (χ0v) is 14.5. The fourth-order valence-corrected chi connectivity index (χ4v) is 3.28. The molecule has 0 fully saturated rings. The molecule has 0 spiro atoms. The van der Waals surface area contributed by atoms with E-state index in [2.05, 4.69) is 0 Å². The first-order chi connectivity index (χ1) is 11.3. The third-order valence-corrected chi connectivity index (χ3v) is 4.69. The fraction of sp³-hybridized carbons (Fsp3) is 0.438. The number of amides is 1. The predicted octanol–water partition coefficient (Wildman–Crippen LogP) is 4.03. The Morgan fingerprint density at radius 3 is 2.62 bits per heavy atom. The van der Waals surface area contributed by atoms with Gasteiger partial charge in [0.15, 0.2) is 11.5 Å². The summed E-state index contributed by atoms with van der Waals surface area (Å²) < 4.78 is 40.0. The molecule has 0 aliphatic rings. The lowest BCUT2D eigenvalue weighted by Gasteiger charge is -2.15. The maximum atomic E-state index is 14.3. The molecule has 132 valence electrons. The molecule has 24 heavy (non-hydrogen) atoms. The Kier molecular flexibility index (Phi) is 5.61. The Morgan fingerprint density at radius 1 is 1.33 bits per heavy atom. The van der Waals surface area contributed by atoms with Crippen molar-refractivity contribution in [1.29, 1.82) is 0 Å². The SMILES string of the molecule is CCOc1cc2sc(C(F)(F)CCC(=O)N(C)O)cc2cc1OC. The molecule has 1 heterocycles. The maximum absolute atomic E-state index is 14.3. The normalized spacial score (nSPS) is 11.6. The van der Waals surface area contributed by atoms with Gasteiger partial charge in [-0.25, -0.2) is 13.8 Å². The Balaban J connectivity index is 2.30. The van der Waals surface area contributed by atoms with Crippen LogP contribution in [0.1, 0.15) is 24.6 Å². The van der Waals surface area contributed by atoms with Crippen LogP contribution in [0.5, 0.6) is 11.5 Å². The summed E-state index contributed by atoms with van der Waals surface area (Å²) in [7, 11) is 2.60. The summed E-state index contributed by atoms with van der Waals surface area (Å²) >= 11 is 0.951. The average molecular weight is 359 g/mol. The van der Waals surface area contributed by atoms with E-state index in [1.54, 1.807) is 12.1 Å². The van der Waals surface area contributed by atoms with Gasteiger partial charge in [-0.1, -0.05) is 0 Å². The second-order valence-corrected chi connectivity index (χ2v) is 6.29. The monoisotopic (exact) mass is 359 g/mol. The van der Waals surface area contributed by atoms with Crippen molar-refractivity contribution in [1.82, 2.24) is 5.06 Å². The molecule has 0 saturated heterocycles. The summed E-state index contributed by atoms with van der Waals surface area (Å²) in [6, 6.07) is 4.73. The third-order valence-electron chi connectivity index (χ3n) is 3.48. The van der Waals surface area contributed by atoms with Gasteiger partial charge in [-0.2, -0.15) is 0 Å². The van der Waals surface area contributed by atoms with E-state index in [4.69, 9.17) is 14.7 Å². The van der Waals surface area contributed by atoms with Crippen LogP contribution in [-0.2, 0) is 10.7 Å². The first kappa shape index (κ1) is 18.4. The summed E-state index contributed by atoms with van der Waals surface area (Å²) in [5, 5.41) is 9.90. The largest absolute Gasteiger partial charge is 0.493 e. The number of benzene rings is 1. The number of hydrogen-bond acceptors (Lipinski definition) is 5. The number of carbonyl (C=O) groups is 1. The molecule has 8 heteroatoms.